The number of nitrogens with one attached hydrogen (secondary N) is 1. The molecule has 0 aromatic carbocycles. The van der Waals surface area contributed by atoms with E-state index in [1.54, 1.807) is 0 Å². The van der Waals surface area contributed by atoms with Crippen molar-refractivity contribution in [3.63, 3.8) is 0 Å². The number of ether oxygens (including phenoxy) is 1. The quantitative estimate of drug-likeness (QED) is 0.922. The Morgan fingerprint density at radius 3 is 3.10 bits per heavy atom. The highest BCUT2D eigenvalue weighted by Crippen LogP contribution is 2.26. The summed E-state index contributed by atoms with van der Waals surface area (Å²) in [7, 11) is 1.94. The highest BCUT2D eigenvalue weighted by atomic mass is 16.5. The van der Waals surface area contributed by atoms with Crippen LogP contribution in [0, 0.1) is 18.8 Å². The molecule has 0 saturated carbocycles. The van der Waals surface area contributed by atoms with Crippen LogP contribution < -0.4 is 0 Å². The Morgan fingerprint density at radius 1 is 1.48 bits per heavy atom. The number of nitrogens with zero attached hydrogens (tertiary/aromatic N) is 2. The summed E-state index contributed by atoms with van der Waals surface area (Å²) in [5.41, 5.74) is 2.31. The molecule has 1 aliphatic heterocycles. The summed E-state index contributed by atoms with van der Waals surface area (Å²) in [5, 5.41) is 0. The van der Waals surface area contributed by atoms with Gasteiger partial charge < -0.3 is 14.6 Å². The first kappa shape index (κ1) is 14.6. The molecule has 1 aromatic rings. The van der Waals surface area contributed by atoms with Gasteiger partial charge in [-0.15, -0.1) is 0 Å². The minimum atomic E-state index is 0.104. The zero-order valence-corrected chi connectivity index (χ0v) is 13.0. The lowest BCUT2D eigenvalue weighted by atomic mass is 9.88. The SMILES string of the molecule is Cc1nc2c([nH]1)C[C@H](C(=O)N(C)C[C@@H]1CCCOC1)CC2. The lowest BCUT2D eigenvalue weighted by molar-refractivity contribution is -0.135. The number of hydrogen-bond acceptors (Lipinski definition) is 3. The number of fused-ring (bicyclic) bond motifs is 1. The molecule has 2 heterocycles. The fraction of sp³-hybridized carbons (Fsp3) is 0.750. The van der Waals surface area contributed by atoms with Crippen molar-refractivity contribution in [2.45, 2.75) is 39.0 Å². The van der Waals surface area contributed by atoms with Gasteiger partial charge in [0.1, 0.15) is 5.82 Å². The van der Waals surface area contributed by atoms with E-state index in [1.807, 2.05) is 18.9 Å². The highest BCUT2D eigenvalue weighted by Gasteiger charge is 2.29. The van der Waals surface area contributed by atoms with Crippen molar-refractivity contribution in [1.29, 1.82) is 0 Å². The molecule has 5 nitrogen and oxygen atoms in total. The van der Waals surface area contributed by atoms with E-state index in [0.29, 0.717) is 5.92 Å². The number of carbonyl (C=O) groups excluding carboxylic acids is 1. The Kier molecular flexibility index (Phi) is 4.29. The van der Waals surface area contributed by atoms with Crippen molar-refractivity contribution < 1.29 is 9.53 Å². The second-order valence-corrected chi connectivity index (χ2v) is 6.49. The van der Waals surface area contributed by atoms with Crippen molar-refractivity contribution in [1.82, 2.24) is 14.9 Å². The first-order chi connectivity index (χ1) is 10.1. The number of aromatic amines is 1. The smallest absolute Gasteiger partial charge is 0.225 e. The van der Waals surface area contributed by atoms with Crippen LogP contribution >= 0.6 is 0 Å². The van der Waals surface area contributed by atoms with E-state index in [9.17, 15) is 4.79 Å². The summed E-state index contributed by atoms with van der Waals surface area (Å²) in [6, 6.07) is 0. The zero-order valence-electron chi connectivity index (χ0n) is 13.0. The van der Waals surface area contributed by atoms with Gasteiger partial charge in [-0.2, -0.15) is 0 Å². The molecule has 1 aromatic heterocycles. The number of aromatic nitrogens is 2. The van der Waals surface area contributed by atoms with Crippen molar-refractivity contribution in [3.8, 4) is 0 Å². The molecule has 1 aliphatic carbocycles. The topological polar surface area (TPSA) is 58.2 Å². The summed E-state index contributed by atoms with van der Waals surface area (Å²) < 4.78 is 5.51. The summed E-state index contributed by atoms with van der Waals surface area (Å²) in [4.78, 5) is 22.3. The Labute approximate surface area is 126 Å². The van der Waals surface area contributed by atoms with Crippen LogP contribution in [0.2, 0.25) is 0 Å². The summed E-state index contributed by atoms with van der Waals surface area (Å²) in [5.74, 6) is 1.84. The van der Waals surface area contributed by atoms with E-state index in [-0.39, 0.29) is 11.8 Å². The van der Waals surface area contributed by atoms with Crippen LogP contribution in [0.25, 0.3) is 0 Å². The highest BCUT2D eigenvalue weighted by molar-refractivity contribution is 5.79. The number of H-pyrrole nitrogens is 1. The average Bonchev–Trinajstić information content (AvgIpc) is 2.86. The maximum Gasteiger partial charge on any atom is 0.225 e. The van der Waals surface area contributed by atoms with Crippen molar-refractivity contribution in [3.05, 3.63) is 17.2 Å². The maximum atomic E-state index is 12.6. The van der Waals surface area contributed by atoms with Crippen molar-refractivity contribution in [2.24, 2.45) is 11.8 Å². The molecule has 0 radical (unpaired) electrons. The monoisotopic (exact) mass is 291 g/mol. The molecular formula is C16H25N3O2. The molecule has 0 bridgehead atoms. The van der Waals surface area contributed by atoms with Gasteiger partial charge in [-0.05, 0) is 38.5 Å². The largest absolute Gasteiger partial charge is 0.381 e. The van der Waals surface area contributed by atoms with Gasteiger partial charge in [-0.25, -0.2) is 4.98 Å². The summed E-state index contributed by atoms with van der Waals surface area (Å²) in [6.07, 6.45) is 4.93. The number of amides is 1. The van der Waals surface area contributed by atoms with E-state index in [4.69, 9.17) is 4.74 Å². The first-order valence-corrected chi connectivity index (χ1v) is 8.00. The van der Waals surface area contributed by atoms with E-state index in [0.717, 1.165) is 62.7 Å². The van der Waals surface area contributed by atoms with Crippen molar-refractivity contribution >= 4 is 5.91 Å². The molecule has 1 amide bonds. The zero-order chi connectivity index (χ0) is 14.8. The third-order valence-corrected chi connectivity index (χ3v) is 4.68. The van der Waals surface area contributed by atoms with Crippen molar-refractivity contribution in [2.75, 3.05) is 26.8 Å². The Balaban J connectivity index is 1.57. The van der Waals surface area contributed by atoms with Gasteiger partial charge in [0.05, 0.1) is 12.3 Å². The van der Waals surface area contributed by atoms with E-state index < -0.39 is 0 Å². The van der Waals surface area contributed by atoms with Gasteiger partial charge in [-0.1, -0.05) is 0 Å². The van der Waals surface area contributed by atoms with Crippen LogP contribution in [-0.4, -0.2) is 47.6 Å². The number of carbonyl (C=O) groups is 1. The molecule has 5 heteroatoms. The predicted octanol–water partition coefficient (Wildman–Crippen LogP) is 1.71. The third-order valence-electron chi connectivity index (χ3n) is 4.68. The van der Waals surface area contributed by atoms with E-state index >= 15 is 0 Å². The Bertz CT molecular complexity index is 506. The molecule has 116 valence electrons. The Morgan fingerprint density at radius 2 is 2.33 bits per heavy atom. The second-order valence-electron chi connectivity index (χ2n) is 6.49. The minimum Gasteiger partial charge on any atom is -0.381 e. The third kappa shape index (κ3) is 3.28. The lowest BCUT2D eigenvalue weighted by Crippen LogP contribution is -2.40. The number of rotatable bonds is 3. The molecule has 1 fully saturated rings. The van der Waals surface area contributed by atoms with Crippen LogP contribution in [0.1, 0.15) is 36.5 Å². The molecule has 21 heavy (non-hydrogen) atoms. The Hall–Kier alpha value is -1.36. The molecular weight excluding hydrogens is 266 g/mol. The second kappa shape index (κ2) is 6.18. The summed E-state index contributed by atoms with van der Waals surface area (Å²) in [6.45, 7) is 4.47. The molecule has 1 saturated heterocycles. The van der Waals surface area contributed by atoms with Crippen LogP contribution in [0.15, 0.2) is 0 Å². The average molecular weight is 291 g/mol. The molecule has 3 rings (SSSR count). The van der Waals surface area contributed by atoms with E-state index in [1.165, 1.54) is 6.42 Å². The normalized spacial score (nSPS) is 25.4. The first-order valence-electron chi connectivity index (χ1n) is 8.00. The predicted molar refractivity (Wildman–Crippen MR) is 80.0 cm³/mol. The van der Waals surface area contributed by atoms with E-state index in [2.05, 4.69) is 9.97 Å². The number of aryl methyl sites for hydroxylation is 2. The summed E-state index contributed by atoms with van der Waals surface area (Å²) >= 11 is 0. The molecule has 2 aliphatic rings. The van der Waals surface area contributed by atoms with Crippen LogP contribution in [-0.2, 0) is 22.4 Å². The fourth-order valence-corrected chi connectivity index (χ4v) is 3.57. The van der Waals surface area contributed by atoms with Gasteiger partial charge in [0.25, 0.3) is 0 Å². The van der Waals surface area contributed by atoms with Gasteiger partial charge >= 0.3 is 0 Å². The molecule has 1 N–H and O–H groups in total. The molecule has 0 spiro atoms. The van der Waals surface area contributed by atoms with Gasteiger partial charge in [0.2, 0.25) is 5.91 Å². The van der Waals surface area contributed by atoms with Crippen LogP contribution in [0.3, 0.4) is 0 Å². The molecule has 0 unspecified atom stereocenters. The van der Waals surface area contributed by atoms with Crippen LogP contribution in [0.4, 0.5) is 0 Å². The number of hydrogen-bond donors (Lipinski definition) is 1. The van der Waals surface area contributed by atoms with Crippen LogP contribution in [0.5, 0.6) is 0 Å². The minimum absolute atomic E-state index is 0.104. The van der Waals surface area contributed by atoms with Gasteiger partial charge in [-0.3, -0.25) is 4.79 Å². The van der Waals surface area contributed by atoms with Gasteiger partial charge in [0, 0.05) is 38.2 Å². The number of imidazole rings is 1. The van der Waals surface area contributed by atoms with Gasteiger partial charge in [0.15, 0.2) is 0 Å². The molecule has 2 atom stereocenters. The standard InChI is InChI=1S/C16H25N3O2/c1-11-17-14-6-5-13(8-15(14)18-11)16(20)19(2)9-12-4-3-7-21-10-12/h12-13H,3-10H2,1-2H3,(H,17,18)/t12-,13+/m0/s1. The fourth-order valence-electron chi connectivity index (χ4n) is 3.57. The maximum absolute atomic E-state index is 12.6. The lowest BCUT2D eigenvalue weighted by Gasteiger charge is -2.30.